The largest absolute Gasteiger partial charge is 0.397 e. The lowest BCUT2D eigenvalue weighted by molar-refractivity contribution is 0.666. The van der Waals surface area contributed by atoms with Gasteiger partial charge in [-0.25, -0.2) is 0 Å². The van der Waals surface area contributed by atoms with Crippen LogP contribution < -0.4 is 33.6 Å². The standard InChI is InChI=1S/C17H26N6/c18-6-9-22-7-1-8-23-17-5-3-13(11-16(17)21)12-2-4-14(19)15(20)10-12/h2-5,10-11,22-23H,1,6-9,18-21H2. The molecule has 0 bridgehead atoms. The van der Waals surface area contributed by atoms with E-state index >= 15 is 0 Å². The minimum atomic E-state index is 0.577. The molecule has 23 heavy (non-hydrogen) atoms. The van der Waals surface area contributed by atoms with E-state index in [-0.39, 0.29) is 0 Å². The highest BCUT2D eigenvalue weighted by atomic mass is 14.9. The molecule has 6 nitrogen and oxygen atoms in total. The molecule has 0 amide bonds. The number of anilines is 4. The van der Waals surface area contributed by atoms with E-state index in [2.05, 4.69) is 10.6 Å². The van der Waals surface area contributed by atoms with Crippen LogP contribution in [0, 0.1) is 0 Å². The van der Waals surface area contributed by atoms with Crippen molar-refractivity contribution in [2.75, 3.05) is 48.7 Å². The lowest BCUT2D eigenvalue weighted by atomic mass is 10.0. The molecule has 0 aliphatic heterocycles. The molecule has 0 radical (unpaired) electrons. The lowest BCUT2D eigenvalue weighted by Crippen LogP contribution is -2.24. The molecular formula is C17H26N6. The quantitative estimate of drug-likeness (QED) is 0.323. The van der Waals surface area contributed by atoms with E-state index in [1.165, 1.54) is 0 Å². The van der Waals surface area contributed by atoms with Gasteiger partial charge >= 0.3 is 0 Å². The van der Waals surface area contributed by atoms with Crippen molar-refractivity contribution in [1.82, 2.24) is 5.32 Å². The van der Waals surface area contributed by atoms with Gasteiger partial charge < -0.3 is 33.6 Å². The molecule has 0 unspecified atom stereocenters. The fourth-order valence-corrected chi connectivity index (χ4v) is 2.32. The van der Waals surface area contributed by atoms with Gasteiger partial charge in [0.25, 0.3) is 0 Å². The van der Waals surface area contributed by atoms with Crippen LogP contribution in [-0.2, 0) is 0 Å². The minimum Gasteiger partial charge on any atom is -0.397 e. The van der Waals surface area contributed by atoms with E-state index in [4.69, 9.17) is 22.9 Å². The molecule has 2 aromatic carbocycles. The third-order valence-corrected chi connectivity index (χ3v) is 3.64. The number of hydrogen-bond acceptors (Lipinski definition) is 6. The number of nitrogens with one attached hydrogen (secondary N) is 2. The average molecular weight is 314 g/mol. The molecular weight excluding hydrogens is 288 g/mol. The van der Waals surface area contributed by atoms with Gasteiger partial charge in [0.2, 0.25) is 0 Å². The van der Waals surface area contributed by atoms with Gasteiger partial charge in [0.1, 0.15) is 0 Å². The van der Waals surface area contributed by atoms with Crippen molar-refractivity contribution in [2.45, 2.75) is 6.42 Å². The zero-order valence-corrected chi connectivity index (χ0v) is 13.3. The highest BCUT2D eigenvalue weighted by molar-refractivity contribution is 5.79. The molecule has 2 rings (SSSR count). The number of hydrogen-bond donors (Lipinski definition) is 6. The first-order valence-corrected chi connectivity index (χ1v) is 7.81. The van der Waals surface area contributed by atoms with Crippen LogP contribution in [0.3, 0.4) is 0 Å². The van der Waals surface area contributed by atoms with E-state index in [0.29, 0.717) is 23.6 Å². The zero-order chi connectivity index (χ0) is 16.7. The predicted octanol–water partition coefficient (Wildman–Crippen LogP) is 1.45. The molecule has 0 heterocycles. The maximum atomic E-state index is 6.14. The maximum Gasteiger partial charge on any atom is 0.0574 e. The van der Waals surface area contributed by atoms with Crippen LogP contribution in [0.5, 0.6) is 0 Å². The molecule has 0 fully saturated rings. The van der Waals surface area contributed by atoms with Crippen molar-refractivity contribution in [1.29, 1.82) is 0 Å². The normalized spacial score (nSPS) is 10.7. The summed E-state index contributed by atoms with van der Waals surface area (Å²) in [6.45, 7) is 3.31. The second-order valence-corrected chi connectivity index (χ2v) is 5.46. The second kappa shape index (κ2) is 8.26. The summed E-state index contributed by atoms with van der Waals surface area (Å²) in [4.78, 5) is 0. The molecule has 2 aromatic rings. The molecule has 0 aliphatic rings. The summed E-state index contributed by atoms with van der Waals surface area (Å²) in [6.07, 6.45) is 1.01. The zero-order valence-electron chi connectivity index (χ0n) is 13.3. The first-order chi connectivity index (χ1) is 11.1. The fraction of sp³-hybridized carbons (Fsp3) is 0.294. The Bertz CT molecular complexity index is 641. The summed E-state index contributed by atoms with van der Waals surface area (Å²) in [5.41, 5.74) is 28.0. The Morgan fingerprint density at radius 1 is 0.739 bits per heavy atom. The van der Waals surface area contributed by atoms with E-state index in [1.807, 2.05) is 30.3 Å². The van der Waals surface area contributed by atoms with Gasteiger partial charge in [-0.2, -0.15) is 0 Å². The van der Waals surface area contributed by atoms with Gasteiger partial charge in [-0.15, -0.1) is 0 Å². The Labute approximate surface area is 137 Å². The molecule has 124 valence electrons. The van der Waals surface area contributed by atoms with Gasteiger partial charge in [0.15, 0.2) is 0 Å². The molecule has 0 saturated carbocycles. The van der Waals surface area contributed by atoms with Crippen molar-refractivity contribution in [3.8, 4) is 11.1 Å². The van der Waals surface area contributed by atoms with Crippen molar-refractivity contribution < 1.29 is 0 Å². The minimum absolute atomic E-state index is 0.577. The SMILES string of the molecule is NCCNCCCNc1ccc(-c2ccc(N)c(N)c2)cc1N. The van der Waals surface area contributed by atoms with E-state index < -0.39 is 0 Å². The van der Waals surface area contributed by atoms with Gasteiger partial charge in [0.05, 0.1) is 22.7 Å². The van der Waals surface area contributed by atoms with Crippen LogP contribution in [0.1, 0.15) is 6.42 Å². The lowest BCUT2D eigenvalue weighted by Gasteiger charge is -2.12. The summed E-state index contributed by atoms with van der Waals surface area (Å²) in [5.74, 6) is 0. The van der Waals surface area contributed by atoms with Crippen LogP contribution in [0.2, 0.25) is 0 Å². The monoisotopic (exact) mass is 314 g/mol. The third-order valence-electron chi connectivity index (χ3n) is 3.64. The van der Waals surface area contributed by atoms with Crippen LogP contribution in [-0.4, -0.2) is 26.2 Å². The summed E-state index contributed by atoms with van der Waals surface area (Å²) in [6, 6.07) is 11.6. The van der Waals surface area contributed by atoms with Crippen molar-refractivity contribution in [3.05, 3.63) is 36.4 Å². The number of nitrogen functional groups attached to an aromatic ring is 3. The highest BCUT2D eigenvalue weighted by Gasteiger charge is 2.04. The Hall–Kier alpha value is -2.44. The summed E-state index contributed by atoms with van der Waals surface area (Å²) < 4.78 is 0. The summed E-state index contributed by atoms with van der Waals surface area (Å²) in [5, 5.41) is 6.61. The van der Waals surface area contributed by atoms with Crippen LogP contribution in [0.15, 0.2) is 36.4 Å². The number of rotatable bonds is 8. The summed E-state index contributed by atoms with van der Waals surface area (Å²) >= 11 is 0. The van der Waals surface area contributed by atoms with E-state index in [0.717, 1.165) is 42.9 Å². The molecule has 0 aliphatic carbocycles. The molecule has 0 saturated heterocycles. The predicted molar refractivity (Wildman–Crippen MR) is 100 cm³/mol. The van der Waals surface area contributed by atoms with Gasteiger partial charge in [-0.1, -0.05) is 12.1 Å². The van der Waals surface area contributed by atoms with Crippen molar-refractivity contribution in [3.63, 3.8) is 0 Å². The summed E-state index contributed by atoms with van der Waals surface area (Å²) in [7, 11) is 0. The second-order valence-electron chi connectivity index (χ2n) is 5.46. The van der Waals surface area contributed by atoms with E-state index in [9.17, 15) is 0 Å². The fourth-order valence-electron chi connectivity index (χ4n) is 2.32. The van der Waals surface area contributed by atoms with Gasteiger partial charge in [-0.3, -0.25) is 0 Å². The van der Waals surface area contributed by atoms with Crippen LogP contribution in [0.25, 0.3) is 11.1 Å². The smallest absolute Gasteiger partial charge is 0.0574 e. The topological polar surface area (TPSA) is 128 Å². The average Bonchev–Trinajstić information content (AvgIpc) is 2.54. The Balaban J connectivity index is 1.96. The molecule has 0 atom stereocenters. The first-order valence-electron chi connectivity index (χ1n) is 7.81. The molecule has 6 heteroatoms. The van der Waals surface area contributed by atoms with Crippen molar-refractivity contribution >= 4 is 22.7 Å². The Kier molecular flexibility index (Phi) is 6.08. The molecule has 0 spiro atoms. The van der Waals surface area contributed by atoms with E-state index in [1.54, 1.807) is 6.07 Å². The number of benzene rings is 2. The number of nitrogens with two attached hydrogens (primary N) is 4. The highest BCUT2D eigenvalue weighted by Crippen LogP contribution is 2.29. The van der Waals surface area contributed by atoms with Crippen LogP contribution >= 0.6 is 0 Å². The van der Waals surface area contributed by atoms with Crippen LogP contribution in [0.4, 0.5) is 22.7 Å². The van der Waals surface area contributed by atoms with Gasteiger partial charge in [0, 0.05) is 19.6 Å². The Morgan fingerprint density at radius 3 is 2.09 bits per heavy atom. The molecule has 10 N–H and O–H groups in total. The first kappa shape index (κ1) is 16.9. The third kappa shape index (κ3) is 4.77. The molecule has 0 aromatic heterocycles. The van der Waals surface area contributed by atoms with Gasteiger partial charge in [-0.05, 0) is 48.4 Å². The Morgan fingerprint density at radius 2 is 1.43 bits per heavy atom. The maximum absolute atomic E-state index is 6.14. The van der Waals surface area contributed by atoms with Crippen molar-refractivity contribution in [2.24, 2.45) is 5.73 Å².